The zero-order chi connectivity index (χ0) is 22.4. The predicted octanol–water partition coefficient (Wildman–Crippen LogP) is 4.37. The average molecular weight is 457 g/mol. The largest absolute Gasteiger partial charge is 0.456 e. The van der Waals surface area contributed by atoms with Crippen molar-refractivity contribution in [1.82, 2.24) is 14.5 Å². The molecule has 4 aromatic rings. The normalized spacial score (nSPS) is 18.3. The van der Waals surface area contributed by atoms with Crippen molar-refractivity contribution >= 4 is 35.0 Å². The Morgan fingerprint density at radius 1 is 0.970 bits per heavy atom. The molecule has 33 heavy (non-hydrogen) atoms. The summed E-state index contributed by atoms with van der Waals surface area (Å²) in [5, 5.41) is 2.10. The van der Waals surface area contributed by atoms with Crippen molar-refractivity contribution in [3.05, 3.63) is 78.4 Å². The van der Waals surface area contributed by atoms with Crippen LogP contribution in [0.3, 0.4) is 0 Å². The number of thiol groups is 1. The van der Waals surface area contributed by atoms with Gasteiger partial charge in [-0.2, -0.15) is 0 Å². The molecule has 1 fully saturated rings. The zero-order valence-electron chi connectivity index (χ0n) is 18.1. The average Bonchev–Trinajstić information content (AvgIpc) is 3.26. The Hall–Kier alpha value is -3.29. The topological polar surface area (TPSA) is 50.6 Å². The number of imidazole rings is 1. The van der Waals surface area contributed by atoms with E-state index in [4.69, 9.17) is 4.74 Å². The maximum absolute atomic E-state index is 13.1. The number of fused-ring (bicyclic) bond motifs is 3. The monoisotopic (exact) mass is 456 g/mol. The van der Waals surface area contributed by atoms with Crippen LogP contribution in [0.2, 0.25) is 0 Å². The molecule has 1 aromatic heterocycles. The van der Waals surface area contributed by atoms with Gasteiger partial charge in [0.25, 0.3) is 0 Å². The van der Waals surface area contributed by atoms with Crippen molar-refractivity contribution in [2.45, 2.75) is 17.9 Å². The summed E-state index contributed by atoms with van der Waals surface area (Å²) in [7, 11) is 0. The van der Waals surface area contributed by atoms with E-state index in [0.29, 0.717) is 25.4 Å². The van der Waals surface area contributed by atoms with Crippen LogP contribution in [-0.4, -0.2) is 46.5 Å². The molecule has 4 heterocycles. The number of rotatable bonds is 0. The summed E-state index contributed by atoms with van der Waals surface area (Å²) in [4.78, 5) is 22.4. The molecule has 0 N–H and O–H groups in total. The molecule has 3 aliphatic rings. The van der Waals surface area contributed by atoms with Gasteiger partial charge in [-0.1, -0.05) is 24.3 Å². The van der Waals surface area contributed by atoms with Crippen LogP contribution in [-0.2, 0) is 17.8 Å². The van der Waals surface area contributed by atoms with Crippen molar-refractivity contribution in [2.75, 3.05) is 31.1 Å². The highest BCUT2D eigenvalue weighted by Gasteiger charge is 2.26. The van der Waals surface area contributed by atoms with E-state index in [0.717, 1.165) is 57.9 Å². The lowest BCUT2D eigenvalue weighted by molar-refractivity contribution is -0.121. The summed E-state index contributed by atoms with van der Waals surface area (Å²) in [6, 6.07) is 18.2. The van der Waals surface area contributed by atoms with Crippen molar-refractivity contribution in [2.24, 2.45) is 0 Å². The number of hydrogen-bond acceptors (Lipinski definition) is 5. The molecule has 166 valence electrons. The number of hydrogen-bond donors (Lipinski definition) is 1. The third kappa shape index (κ3) is 3.87. The lowest BCUT2D eigenvalue weighted by Gasteiger charge is -2.35. The smallest absolute Gasteiger partial charge is 0.241 e. The number of aromatic nitrogens is 2. The van der Waals surface area contributed by atoms with E-state index in [1.165, 1.54) is 0 Å². The highest BCUT2D eigenvalue weighted by atomic mass is 32.1. The minimum Gasteiger partial charge on any atom is -0.456 e. The first-order valence-corrected chi connectivity index (χ1v) is 11.6. The minimum atomic E-state index is 0.127. The van der Waals surface area contributed by atoms with E-state index in [9.17, 15) is 4.79 Å². The van der Waals surface area contributed by atoms with Gasteiger partial charge in [0, 0.05) is 54.8 Å². The first-order chi connectivity index (χ1) is 16.1. The molecule has 1 atom stereocenters. The Balaban J connectivity index is 1.47. The van der Waals surface area contributed by atoms with Crippen molar-refractivity contribution < 1.29 is 9.53 Å². The summed E-state index contributed by atoms with van der Waals surface area (Å²) in [5.41, 5.74) is 3.21. The van der Waals surface area contributed by atoms with Gasteiger partial charge in [-0.15, -0.1) is 12.6 Å². The Kier molecular flexibility index (Phi) is 5.08. The molecule has 6 nitrogen and oxygen atoms in total. The van der Waals surface area contributed by atoms with Gasteiger partial charge in [0.15, 0.2) is 0 Å². The van der Waals surface area contributed by atoms with Crippen LogP contribution in [0.1, 0.15) is 11.3 Å². The van der Waals surface area contributed by atoms with Crippen LogP contribution < -0.4 is 9.64 Å². The Labute approximate surface area is 197 Å². The van der Waals surface area contributed by atoms with Crippen molar-refractivity contribution in [3.8, 4) is 11.5 Å². The summed E-state index contributed by atoms with van der Waals surface area (Å²) in [6.45, 7) is 3.47. The molecular formula is C26H24N4O2S. The molecule has 7 rings (SSSR count). The number of carbonyl (C=O) groups is 1. The maximum Gasteiger partial charge on any atom is 0.241 e. The van der Waals surface area contributed by atoms with E-state index in [-0.39, 0.29) is 5.91 Å². The lowest BCUT2D eigenvalue weighted by Crippen LogP contribution is -2.51. The number of amides is 1. The van der Waals surface area contributed by atoms with Gasteiger partial charge < -0.3 is 14.2 Å². The second-order valence-electron chi connectivity index (χ2n) is 8.65. The molecule has 3 aromatic carbocycles. The first-order valence-electron chi connectivity index (χ1n) is 11.2. The number of carbonyl (C=O) groups excluding carboxylic acids is 1. The van der Waals surface area contributed by atoms with E-state index >= 15 is 0 Å². The summed E-state index contributed by atoms with van der Waals surface area (Å²) < 4.78 is 8.46. The third-order valence-corrected chi connectivity index (χ3v) is 6.88. The zero-order valence-corrected chi connectivity index (χ0v) is 19.0. The van der Waals surface area contributed by atoms with Crippen LogP contribution in [0.5, 0.6) is 11.5 Å². The van der Waals surface area contributed by atoms with Gasteiger partial charge in [-0.3, -0.25) is 9.69 Å². The Bertz CT molecular complexity index is 1370. The molecule has 0 saturated carbocycles. The van der Waals surface area contributed by atoms with E-state index in [1.54, 1.807) is 0 Å². The van der Waals surface area contributed by atoms with E-state index < -0.39 is 0 Å². The fourth-order valence-corrected chi connectivity index (χ4v) is 4.92. The second-order valence-corrected chi connectivity index (χ2v) is 9.13. The van der Waals surface area contributed by atoms with Gasteiger partial charge in [0.05, 0.1) is 18.6 Å². The molecule has 0 radical (unpaired) electrons. The molecule has 0 aliphatic carbocycles. The fraction of sp³-hybridized carbons (Fsp3) is 0.231. The first kappa shape index (κ1) is 20.3. The van der Waals surface area contributed by atoms with E-state index in [1.807, 2.05) is 59.9 Å². The summed E-state index contributed by atoms with van der Waals surface area (Å²) >= 11 is 4.62. The van der Waals surface area contributed by atoms with Crippen LogP contribution in [0.15, 0.2) is 72.0 Å². The number of nitrogens with zero attached hydrogens (tertiary/aromatic N) is 4. The third-order valence-electron chi connectivity index (χ3n) is 6.51. The van der Waals surface area contributed by atoms with E-state index in [2.05, 4.69) is 39.2 Å². The number of anilines is 1. The molecule has 1 amide bonds. The number of piperazine rings is 1. The van der Waals surface area contributed by atoms with Gasteiger partial charge in [0.2, 0.25) is 5.91 Å². The summed E-state index contributed by atoms with van der Waals surface area (Å²) in [5.74, 6) is 1.56. The van der Waals surface area contributed by atoms with Crippen LogP contribution in [0.25, 0.3) is 10.8 Å². The minimum absolute atomic E-state index is 0.127. The molecular weight excluding hydrogens is 432 g/mol. The molecule has 1 unspecified atom stereocenters. The SMILES string of the molecule is O=C1CN2CCc3cncn3Cc3ccc(S)c(c3)Oc3ccc4cccc(c4c3)N1CC2. The molecule has 7 heteroatoms. The Morgan fingerprint density at radius 3 is 2.82 bits per heavy atom. The lowest BCUT2D eigenvalue weighted by atomic mass is 10.1. The number of ether oxygens (including phenoxy) is 1. The van der Waals surface area contributed by atoms with Gasteiger partial charge in [0.1, 0.15) is 11.5 Å². The molecule has 6 bridgehead atoms. The summed E-state index contributed by atoms with van der Waals surface area (Å²) in [6.07, 6.45) is 4.63. The van der Waals surface area contributed by atoms with Crippen LogP contribution >= 0.6 is 12.6 Å². The van der Waals surface area contributed by atoms with Crippen LogP contribution in [0.4, 0.5) is 5.69 Å². The molecule has 3 aliphatic heterocycles. The van der Waals surface area contributed by atoms with Gasteiger partial charge >= 0.3 is 0 Å². The molecule has 1 saturated heterocycles. The predicted molar refractivity (Wildman–Crippen MR) is 132 cm³/mol. The highest BCUT2D eigenvalue weighted by molar-refractivity contribution is 7.80. The quantitative estimate of drug-likeness (QED) is 0.399. The standard InChI is InChI=1S/C26H24N4O2S/c31-26-16-28-9-8-20-14-27-17-29(20)15-18-4-7-25(33)24(12-18)32-21-6-5-19-2-1-3-23(22(19)13-21)30(26)11-10-28/h1-7,12-14,17,33H,8-11,15-16H2. The second kappa shape index (κ2) is 8.24. The van der Waals surface area contributed by atoms with Crippen molar-refractivity contribution in [3.63, 3.8) is 0 Å². The van der Waals surface area contributed by atoms with Crippen molar-refractivity contribution in [1.29, 1.82) is 0 Å². The highest BCUT2D eigenvalue weighted by Crippen LogP contribution is 2.35. The molecule has 0 spiro atoms. The van der Waals surface area contributed by atoms with Crippen LogP contribution in [0, 0.1) is 0 Å². The fourth-order valence-electron chi connectivity index (χ4n) is 4.74. The van der Waals surface area contributed by atoms with Gasteiger partial charge in [-0.25, -0.2) is 4.98 Å². The maximum atomic E-state index is 13.1. The number of benzene rings is 3. The van der Waals surface area contributed by atoms with Gasteiger partial charge in [-0.05, 0) is 41.3 Å². The Morgan fingerprint density at radius 2 is 1.91 bits per heavy atom.